The first-order chi connectivity index (χ1) is 7.91. The zero-order chi connectivity index (χ0) is 13.3. The summed E-state index contributed by atoms with van der Waals surface area (Å²) in [6, 6.07) is 0. The molecule has 17 heavy (non-hydrogen) atoms. The molecule has 0 rings (SSSR count). The van der Waals surface area contributed by atoms with E-state index in [1.807, 2.05) is 12.2 Å². The minimum atomic E-state index is 0.216. The molecule has 0 aromatic heterocycles. The van der Waals surface area contributed by atoms with E-state index < -0.39 is 0 Å². The molecule has 0 fully saturated rings. The van der Waals surface area contributed by atoms with Gasteiger partial charge >= 0.3 is 0 Å². The largest absolute Gasteiger partial charge is 0.295 e. The summed E-state index contributed by atoms with van der Waals surface area (Å²) < 4.78 is 0. The second-order valence-corrected chi connectivity index (χ2v) is 5.26. The van der Waals surface area contributed by atoms with Crippen molar-refractivity contribution < 1.29 is 4.79 Å². The van der Waals surface area contributed by atoms with Gasteiger partial charge in [0, 0.05) is 6.42 Å². The molecular formula is C16H26O. The summed E-state index contributed by atoms with van der Waals surface area (Å²) in [4.78, 5) is 11.4. The summed E-state index contributed by atoms with van der Waals surface area (Å²) in [6.07, 6.45) is 10.6. The molecule has 0 aliphatic rings. The van der Waals surface area contributed by atoms with E-state index >= 15 is 0 Å². The van der Waals surface area contributed by atoms with Gasteiger partial charge in [-0.3, -0.25) is 4.79 Å². The average molecular weight is 234 g/mol. The van der Waals surface area contributed by atoms with Gasteiger partial charge in [-0.05, 0) is 45.6 Å². The van der Waals surface area contributed by atoms with E-state index in [4.69, 9.17) is 0 Å². The molecule has 0 aromatic rings. The summed E-state index contributed by atoms with van der Waals surface area (Å²) >= 11 is 0. The minimum Gasteiger partial charge on any atom is -0.295 e. The molecule has 0 N–H and O–H groups in total. The number of allylic oxidation sites excluding steroid dienone is 6. The monoisotopic (exact) mass is 234 g/mol. The molecule has 1 nitrogen and oxygen atoms in total. The lowest BCUT2D eigenvalue weighted by Crippen LogP contribution is -1.97. The van der Waals surface area contributed by atoms with Crippen molar-refractivity contribution in [3.63, 3.8) is 0 Å². The molecule has 0 saturated heterocycles. The highest BCUT2D eigenvalue weighted by Gasteiger charge is 1.99. The van der Waals surface area contributed by atoms with E-state index in [1.54, 1.807) is 6.08 Å². The van der Waals surface area contributed by atoms with Crippen LogP contribution in [0.4, 0.5) is 0 Å². The van der Waals surface area contributed by atoms with Crippen molar-refractivity contribution in [1.29, 1.82) is 0 Å². The molecule has 0 radical (unpaired) electrons. The quantitative estimate of drug-likeness (QED) is 0.349. The van der Waals surface area contributed by atoms with Crippen molar-refractivity contribution in [2.24, 2.45) is 5.92 Å². The Morgan fingerprint density at radius 2 is 1.82 bits per heavy atom. The molecule has 0 spiro atoms. The molecule has 0 bridgehead atoms. The van der Waals surface area contributed by atoms with E-state index in [0.29, 0.717) is 12.3 Å². The van der Waals surface area contributed by atoms with Crippen LogP contribution in [-0.2, 0) is 4.79 Å². The van der Waals surface area contributed by atoms with Crippen LogP contribution in [-0.4, -0.2) is 5.78 Å². The molecule has 0 atom stereocenters. The van der Waals surface area contributed by atoms with Crippen molar-refractivity contribution >= 4 is 5.78 Å². The number of carbonyl (C=O) groups is 1. The number of carbonyl (C=O) groups excluding carboxylic acids is 1. The number of rotatable bonds is 7. The molecule has 0 aliphatic heterocycles. The maximum absolute atomic E-state index is 11.4. The minimum absolute atomic E-state index is 0.216. The third kappa shape index (κ3) is 11.2. The van der Waals surface area contributed by atoms with Crippen LogP contribution in [0.1, 0.15) is 53.9 Å². The van der Waals surface area contributed by atoms with Crippen LogP contribution in [0.25, 0.3) is 0 Å². The molecule has 0 aliphatic carbocycles. The predicted octanol–water partition coefficient (Wildman–Crippen LogP) is 4.85. The van der Waals surface area contributed by atoms with E-state index in [9.17, 15) is 4.79 Å². The van der Waals surface area contributed by atoms with Crippen molar-refractivity contribution in [3.8, 4) is 0 Å². The van der Waals surface area contributed by atoms with Gasteiger partial charge in [-0.2, -0.15) is 0 Å². The number of hydrogen-bond acceptors (Lipinski definition) is 1. The van der Waals surface area contributed by atoms with Gasteiger partial charge < -0.3 is 0 Å². The van der Waals surface area contributed by atoms with E-state index in [2.05, 4.69) is 40.7 Å². The van der Waals surface area contributed by atoms with Gasteiger partial charge in [0.05, 0.1) is 0 Å². The van der Waals surface area contributed by atoms with Gasteiger partial charge in [0.2, 0.25) is 0 Å². The van der Waals surface area contributed by atoms with Crippen LogP contribution in [0, 0.1) is 5.92 Å². The van der Waals surface area contributed by atoms with Crippen LogP contribution in [0.15, 0.2) is 35.5 Å². The second kappa shape index (κ2) is 8.98. The van der Waals surface area contributed by atoms with Crippen molar-refractivity contribution in [2.45, 2.75) is 53.9 Å². The number of hydrogen-bond donors (Lipinski definition) is 0. The molecule has 0 saturated carbocycles. The van der Waals surface area contributed by atoms with Crippen LogP contribution in [0.3, 0.4) is 0 Å². The zero-order valence-corrected chi connectivity index (χ0v) is 11.9. The summed E-state index contributed by atoms with van der Waals surface area (Å²) in [5, 5.41) is 0. The molecular weight excluding hydrogens is 208 g/mol. The van der Waals surface area contributed by atoms with Crippen molar-refractivity contribution in [3.05, 3.63) is 35.5 Å². The fraction of sp³-hybridized carbons (Fsp3) is 0.562. The molecule has 0 aromatic carbocycles. The maximum Gasteiger partial charge on any atom is 0.155 e. The van der Waals surface area contributed by atoms with Gasteiger partial charge in [0.15, 0.2) is 5.78 Å². The first kappa shape index (κ1) is 15.9. The highest BCUT2D eigenvalue weighted by molar-refractivity contribution is 5.89. The predicted molar refractivity (Wildman–Crippen MR) is 76.0 cm³/mol. The van der Waals surface area contributed by atoms with Gasteiger partial charge in [-0.1, -0.05) is 43.2 Å². The Morgan fingerprint density at radius 3 is 2.35 bits per heavy atom. The van der Waals surface area contributed by atoms with Crippen LogP contribution < -0.4 is 0 Å². The topological polar surface area (TPSA) is 17.1 Å². The van der Waals surface area contributed by atoms with Gasteiger partial charge in [-0.25, -0.2) is 0 Å². The zero-order valence-electron chi connectivity index (χ0n) is 11.9. The Kier molecular flexibility index (Phi) is 8.39. The first-order valence-electron chi connectivity index (χ1n) is 6.42. The Bertz CT molecular complexity index is 312. The first-order valence-corrected chi connectivity index (χ1v) is 6.42. The molecule has 0 heterocycles. The van der Waals surface area contributed by atoms with E-state index in [1.165, 1.54) is 11.1 Å². The highest BCUT2D eigenvalue weighted by Crippen LogP contribution is 2.07. The highest BCUT2D eigenvalue weighted by atomic mass is 16.1. The van der Waals surface area contributed by atoms with Crippen LogP contribution in [0.2, 0.25) is 0 Å². The SMILES string of the molecule is CC(C)=CCC/C(C)=C/C=C/C(=O)CC(C)C. The maximum atomic E-state index is 11.4. The number of ketones is 1. The molecule has 1 heteroatoms. The van der Waals surface area contributed by atoms with Crippen molar-refractivity contribution in [1.82, 2.24) is 0 Å². The molecule has 0 unspecified atom stereocenters. The standard InChI is InChI=1S/C16H26O/c1-13(2)8-6-9-15(5)10-7-11-16(17)12-14(3)4/h7-8,10-11,14H,6,9,12H2,1-5H3/b11-7+,15-10+. The summed E-state index contributed by atoms with van der Waals surface area (Å²) in [5.41, 5.74) is 2.68. The Balaban J connectivity index is 4.01. The van der Waals surface area contributed by atoms with Crippen molar-refractivity contribution in [2.75, 3.05) is 0 Å². The van der Waals surface area contributed by atoms with E-state index in [0.717, 1.165) is 12.8 Å². The normalized spacial score (nSPS) is 12.2. The lowest BCUT2D eigenvalue weighted by molar-refractivity contribution is -0.115. The van der Waals surface area contributed by atoms with Gasteiger partial charge in [0.25, 0.3) is 0 Å². The summed E-state index contributed by atoms with van der Waals surface area (Å²) in [6.45, 7) is 10.5. The van der Waals surface area contributed by atoms with Crippen LogP contribution >= 0.6 is 0 Å². The fourth-order valence-corrected chi connectivity index (χ4v) is 1.46. The molecule has 96 valence electrons. The Labute approximate surface area is 106 Å². The Hall–Kier alpha value is -1.11. The van der Waals surface area contributed by atoms with Gasteiger partial charge in [-0.15, -0.1) is 0 Å². The summed E-state index contributed by atoms with van der Waals surface area (Å²) in [5.74, 6) is 0.656. The summed E-state index contributed by atoms with van der Waals surface area (Å²) in [7, 11) is 0. The lowest BCUT2D eigenvalue weighted by atomic mass is 10.1. The third-order valence-electron chi connectivity index (χ3n) is 2.36. The van der Waals surface area contributed by atoms with E-state index in [-0.39, 0.29) is 5.78 Å². The van der Waals surface area contributed by atoms with Crippen LogP contribution in [0.5, 0.6) is 0 Å². The lowest BCUT2D eigenvalue weighted by Gasteiger charge is -1.98. The Morgan fingerprint density at radius 1 is 1.18 bits per heavy atom. The second-order valence-electron chi connectivity index (χ2n) is 5.26. The smallest absolute Gasteiger partial charge is 0.155 e. The average Bonchev–Trinajstić information content (AvgIpc) is 2.15. The van der Waals surface area contributed by atoms with Gasteiger partial charge in [0.1, 0.15) is 0 Å². The fourth-order valence-electron chi connectivity index (χ4n) is 1.46. The molecule has 0 amide bonds. The third-order valence-corrected chi connectivity index (χ3v) is 2.36.